The molecule has 7 nitrogen and oxygen atoms in total. The minimum absolute atomic E-state index is 0.178. The molecular weight excluding hydrogens is 302 g/mol. The average molecular weight is 317 g/mol. The van der Waals surface area contributed by atoms with Crippen LogP contribution in [0.5, 0.6) is 0 Å². The molecule has 0 saturated heterocycles. The van der Waals surface area contributed by atoms with Crippen LogP contribution in [-0.4, -0.2) is 20.7 Å². The van der Waals surface area contributed by atoms with Gasteiger partial charge in [0.1, 0.15) is 0 Å². The first-order valence-corrected chi connectivity index (χ1v) is 7.70. The summed E-state index contributed by atoms with van der Waals surface area (Å²) >= 11 is 1.45. The minimum Gasteiger partial charge on any atom is -0.345 e. The molecule has 0 saturated carbocycles. The van der Waals surface area contributed by atoms with E-state index < -0.39 is 0 Å². The van der Waals surface area contributed by atoms with Crippen LogP contribution in [0.25, 0.3) is 11.5 Å². The summed E-state index contributed by atoms with van der Waals surface area (Å²) in [7, 11) is 0. The summed E-state index contributed by atoms with van der Waals surface area (Å²) in [6.45, 7) is 3.05. The van der Waals surface area contributed by atoms with E-state index in [1.807, 2.05) is 47.3 Å². The number of nitrogens with zero attached hydrogens (tertiary/aromatic N) is 3. The van der Waals surface area contributed by atoms with Gasteiger partial charge in [-0.15, -0.1) is 11.3 Å². The average Bonchev–Trinajstić information content (AvgIpc) is 3.25. The Kier molecular flexibility index (Phi) is 4.19. The van der Waals surface area contributed by atoms with Crippen LogP contribution in [-0.2, 0) is 13.1 Å². The van der Waals surface area contributed by atoms with Crippen LogP contribution in [0.2, 0.25) is 0 Å². The van der Waals surface area contributed by atoms with Gasteiger partial charge in [-0.3, -0.25) is 5.32 Å². The zero-order chi connectivity index (χ0) is 15.4. The number of carbonyl (C=O) groups excluding carboxylic acids is 1. The summed E-state index contributed by atoms with van der Waals surface area (Å²) < 4.78 is 7.18. The molecule has 8 heteroatoms. The largest absolute Gasteiger partial charge is 0.345 e. The monoisotopic (exact) mass is 317 g/mol. The zero-order valence-corrected chi connectivity index (χ0v) is 12.8. The molecule has 2 amide bonds. The molecule has 22 heavy (non-hydrogen) atoms. The number of rotatable bonds is 5. The second-order valence-electron chi connectivity index (χ2n) is 4.48. The van der Waals surface area contributed by atoms with Gasteiger partial charge in [0.2, 0.25) is 11.7 Å². The molecule has 0 unspecified atom stereocenters. The standard InChI is InChI=1S/C14H15N5O2S/c1-2-19-7-3-5-10(19)13-16-11(21-18-13)9-15-14(20)17-12-6-4-8-22-12/h3-8H,2,9H2,1H3,(H2,15,17,20). The van der Waals surface area contributed by atoms with Crippen molar-refractivity contribution in [3.63, 3.8) is 0 Å². The first-order chi connectivity index (χ1) is 10.8. The van der Waals surface area contributed by atoms with Gasteiger partial charge in [-0.05, 0) is 36.6 Å². The smallest absolute Gasteiger partial charge is 0.320 e. The molecule has 3 aromatic heterocycles. The summed E-state index contributed by atoms with van der Waals surface area (Å²) in [5.41, 5.74) is 0.889. The van der Waals surface area contributed by atoms with Crippen LogP contribution < -0.4 is 10.6 Å². The molecule has 2 N–H and O–H groups in total. The molecule has 0 aliphatic carbocycles. The topological polar surface area (TPSA) is 85.0 Å². The number of hydrogen-bond acceptors (Lipinski definition) is 5. The Morgan fingerprint density at radius 2 is 2.32 bits per heavy atom. The maximum atomic E-state index is 11.7. The van der Waals surface area contributed by atoms with E-state index in [-0.39, 0.29) is 12.6 Å². The maximum absolute atomic E-state index is 11.7. The fourth-order valence-electron chi connectivity index (χ4n) is 1.99. The number of amides is 2. The number of aryl methyl sites for hydroxylation is 1. The summed E-state index contributed by atoms with van der Waals surface area (Å²) in [5.74, 6) is 0.877. The lowest BCUT2D eigenvalue weighted by atomic mass is 10.4. The highest BCUT2D eigenvalue weighted by Crippen LogP contribution is 2.17. The number of aromatic nitrogens is 3. The third-order valence-electron chi connectivity index (χ3n) is 3.03. The van der Waals surface area contributed by atoms with Gasteiger partial charge < -0.3 is 14.4 Å². The maximum Gasteiger partial charge on any atom is 0.320 e. The Labute approximate surface area is 131 Å². The van der Waals surface area contributed by atoms with Gasteiger partial charge in [-0.25, -0.2) is 4.79 Å². The van der Waals surface area contributed by atoms with Gasteiger partial charge in [-0.2, -0.15) is 4.98 Å². The van der Waals surface area contributed by atoms with Gasteiger partial charge >= 0.3 is 6.03 Å². The van der Waals surface area contributed by atoms with Crippen molar-refractivity contribution in [1.82, 2.24) is 20.0 Å². The van der Waals surface area contributed by atoms with E-state index in [9.17, 15) is 4.79 Å². The van der Waals surface area contributed by atoms with Crippen LogP contribution in [0, 0.1) is 0 Å². The molecule has 114 valence electrons. The van der Waals surface area contributed by atoms with Crippen molar-refractivity contribution in [2.75, 3.05) is 5.32 Å². The number of hydrogen-bond donors (Lipinski definition) is 2. The number of anilines is 1. The third-order valence-corrected chi connectivity index (χ3v) is 3.81. The van der Waals surface area contributed by atoms with Crippen LogP contribution in [0.15, 0.2) is 40.4 Å². The Morgan fingerprint density at radius 3 is 3.09 bits per heavy atom. The van der Waals surface area contributed by atoms with Crippen molar-refractivity contribution in [3.8, 4) is 11.5 Å². The third kappa shape index (κ3) is 3.17. The number of nitrogens with one attached hydrogen (secondary N) is 2. The van der Waals surface area contributed by atoms with Gasteiger partial charge in [0, 0.05) is 12.7 Å². The quantitative estimate of drug-likeness (QED) is 0.757. The summed E-state index contributed by atoms with van der Waals surface area (Å²) in [6, 6.07) is 7.25. The lowest BCUT2D eigenvalue weighted by molar-refractivity contribution is 0.250. The normalized spacial score (nSPS) is 10.6. The van der Waals surface area contributed by atoms with Crippen molar-refractivity contribution >= 4 is 22.4 Å². The van der Waals surface area contributed by atoms with Gasteiger partial charge in [0.25, 0.3) is 0 Å². The van der Waals surface area contributed by atoms with E-state index in [1.165, 1.54) is 11.3 Å². The van der Waals surface area contributed by atoms with Crippen LogP contribution in [0.1, 0.15) is 12.8 Å². The predicted molar refractivity (Wildman–Crippen MR) is 83.6 cm³/mol. The van der Waals surface area contributed by atoms with Crippen molar-refractivity contribution in [2.45, 2.75) is 20.0 Å². The predicted octanol–water partition coefficient (Wildman–Crippen LogP) is 2.94. The summed E-state index contributed by atoms with van der Waals surface area (Å²) in [6.07, 6.45) is 1.96. The molecule has 0 fully saturated rings. The van der Waals surface area contributed by atoms with E-state index in [2.05, 4.69) is 20.8 Å². The molecule has 0 atom stereocenters. The molecule has 0 aliphatic rings. The number of carbonyl (C=O) groups is 1. The molecule has 0 spiro atoms. The molecule has 3 rings (SSSR count). The van der Waals surface area contributed by atoms with Gasteiger partial charge in [-0.1, -0.05) is 5.16 Å². The number of urea groups is 1. The van der Waals surface area contributed by atoms with E-state index >= 15 is 0 Å². The Morgan fingerprint density at radius 1 is 1.41 bits per heavy atom. The fourth-order valence-corrected chi connectivity index (χ4v) is 2.60. The molecule has 0 aliphatic heterocycles. The van der Waals surface area contributed by atoms with Gasteiger partial charge in [0.05, 0.1) is 17.2 Å². The molecule has 3 aromatic rings. The molecule has 0 radical (unpaired) electrons. The van der Waals surface area contributed by atoms with Crippen LogP contribution in [0.4, 0.5) is 9.80 Å². The molecule has 0 bridgehead atoms. The second kappa shape index (κ2) is 6.44. The van der Waals surface area contributed by atoms with E-state index in [0.717, 1.165) is 17.2 Å². The SMILES string of the molecule is CCn1cccc1-c1noc(CNC(=O)Nc2cccs2)n1. The molecular formula is C14H15N5O2S. The van der Waals surface area contributed by atoms with E-state index in [1.54, 1.807) is 0 Å². The molecule has 0 aromatic carbocycles. The van der Waals surface area contributed by atoms with Crippen molar-refractivity contribution < 1.29 is 9.32 Å². The zero-order valence-electron chi connectivity index (χ0n) is 11.9. The molecule has 3 heterocycles. The van der Waals surface area contributed by atoms with Crippen molar-refractivity contribution in [1.29, 1.82) is 0 Å². The summed E-state index contributed by atoms with van der Waals surface area (Å²) in [4.78, 5) is 16.0. The highest BCUT2D eigenvalue weighted by atomic mass is 32.1. The Balaban J connectivity index is 1.59. The Bertz CT molecular complexity index is 747. The fraction of sp³-hybridized carbons (Fsp3) is 0.214. The lowest BCUT2D eigenvalue weighted by Gasteiger charge is -2.02. The van der Waals surface area contributed by atoms with Gasteiger partial charge in [0.15, 0.2) is 0 Å². The summed E-state index contributed by atoms with van der Waals surface area (Å²) in [5, 5.41) is 12.0. The van der Waals surface area contributed by atoms with Crippen molar-refractivity contribution in [3.05, 3.63) is 41.7 Å². The first-order valence-electron chi connectivity index (χ1n) is 6.82. The number of thiophene rings is 1. The highest BCUT2D eigenvalue weighted by Gasteiger charge is 2.12. The second-order valence-corrected chi connectivity index (χ2v) is 5.42. The van der Waals surface area contributed by atoms with E-state index in [0.29, 0.717) is 11.7 Å². The first kappa shape index (κ1) is 14.3. The van der Waals surface area contributed by atoms with Crippen molar-refractivity contribution in [2.24, 2.45) is 0 Å². The van der Waals surface area contributed by atoms with Crippen LogP contribution >= 0.6 is 11.3 Å². The minimum atomic E-state index is -0.306. The lowest BCUT2D eigenvalue weighted by Crippen LogP contribution is -2.27. The van der Waals surface area contributed by atoms with E-state index in [4.69, 9.17) is 4.52 Å². The van der Waals surface area contributed by atoms with Crippen LogP contribution in [0.3, 0.4) is 0 Å². The Hall–Kier alpha value is -2.61. The highest BCUT2D eigenvalue weighted by molar-refractivity contribution is 7.14.